The minimum atomic E-state index is -3.85. The molecule has 9 heteroatoms. The molecule has 0 unspecified atom stereocenters. The van der Waals surface area contributed by atoms with E-state index in [2.05, 4.69) is 14.6 Å². The first-order chi connectivity index (χ1) is 11.0. The number of nitrogens with zero attached hydrogens (tertiary/aromatic N) is 4. The summed E-state index contributed by atoms with van der Waals surface area (Å²) in [7, 11) is -3.85. The molecule has 0 aliphatic heterocycles. The second-order valence-corrected chi connectivity index (χ2v) is 6.06. The molecule has 0 aliphatic rings. The van der Waals surface area contributed by atoms with Gasteiger partial charge in [-0.25, -0.2) is 0 Å². The van der Waals surface area contributed by atoms with Crippen molar-refractivity contribution in [2.75, 3.05) is 5.75 Å². The van der Waals surface area contributed by atoms with Crippen LogP contribution < -0.4 is 0 Å². The first kappa shape index (κ1) is 18.1. The summed E-state index contributed by atoms with van der Waals surface area (Å²) in [5.41, 5.74) is -0.0424. The van der Waals surface area contributed by atoms with E-state index in [0.717, 1.165) is 0 Å². The fraction of sp³-hybridized carbons (Fsp3) is 0.286. The predicted octanol–water partition coefficient (Wildman–Crippen LogP) is 1.76. The van der Waals surface area contributed by atoms with Crippen molar-refractivity contribution in [2.24, 2.45) is 10.3 Å². The number of hydrogen-bond donors (Lipinski definition) is 1. The first-order valence-electron chi connectivity index (χ1n) is 6.59. The number of unbranched alkanes of at least 4 members (excludes halogenated alkanes) is 1. The fourth-order valence-electron chi connectivity index (χ4n) is 1.55. The lowest BCUT2D eigenvalue weighted by molar-refractivity contribution is 0.320. The summed E-state index contributed by atoms with van der Waals surface area (Å²) < 4.78 is 27.6. The molecule has 1 aromatic carbocycles. The Balaban J connectivity index is 3.08. The van der Waals surface area contributed by atoms with E-state index in [0.29, 0.717) is 12.8 Å². The van der Waals surface area contributed by atoms with Gasteiger partial charge in [0.1, 0.15) is 12.1 Å². The minimum Gasteiger partial charge on any atom is -0.410 e. The van der Waals surface area contributed by atoms with Crippen LogP contribution in [0.15, 0.2) is 34.6 Å². The van der Waals surface area contributed by atoms with Gasteiger partial charge in [-0.3, -0.25) is 4.28 Å². The number of rotatable bonds is 7. The third-order valence-electron chi connectivity index (χ3n) is 2.71. The molecule has 0 aromatic heterocycles. The van der Waals surface area contributed by atoms with Gasteiger partial charge in [-0.15, -0.1) is 0 Å². The maximum Gasteiger partial charge on any atom is 0.328 e. The maximum absolute atomic E-state index is 11.6. The highest BCUT2D eigenvalue weighted by Gasteiger charge is 2.13. The highest BCUT2D eigenvalue weighted by Crippen LogP contribution is 2.09. The van der Waals surface area contributed by atoms with E-state index in [1.54, 1.807) is 12.1 Å². The monoisotopic (exact) mass is 334 g/mol. The van der Waals surface area contributed by atoms with Crippen LogP contribution in [0.4, 0.5) is 0 Å². The molecule has 23 heavy (non-hydrogen) atoms. The van der Waals surface area contributed by atoms with Crippen LogP contribution in [-0.2, 0) is 14.4 Å². The Kier molecular flexibility index (Phi) is 6.71. The van der Waals surface area contributed by atoms with E-state index >= 15 is 0 Å². The average molecular weight is 334 g/mol. The van der Waals surface area contributed by atoms with Crippen molar-refractivity contribution in [1.82, 2.24) is 0 Å². The molecule has 1 aromatic rings. The largest absolute Gasteiger partial charge is 0.410 e. The van der Waals surface area contributed by atoms with Crippen LogP contribution in [0.3, 0.4) is 0 Å². The van der Waals surface area contributed by atoms with Gasteiger partial charge >= 0.3 is 10.1 Å². The van der Waals surface area contributed by atoms with Crippen LogP contribution in [0, 0.1) is 22.7 Å². The van der Waals surface area contributed by atoms with E-state index in [9.17, 15) is 8.42 Å². The third kappa shape index (κ3) is 5.41. The van der Waals surface area contributed by atoms with Crippen LogP contribution >= 0.6 is 0 Å². The van der Waals surface area contributed by atoms with Gasteiger partial charge in [0.25, 0.3) is 0 Å². The Morgan fingerprint density at radius 1 is 1.26 bits per heavy atom. The molecule has 0 saturated carbocycles. The fourth-order valence-corrected chi connectivity index (χ4v) is 2.45. The van der Waals surface area contributed by atoms with Crippen molar-refractivity contribution in [3.63, 3.8) is 0 Å². The summed E-state index contributed by atoms with van der Waals surface area (Å²) in [6, 6.07) is 9.26. The molecule has 0 radical (unpaired) electrons. The topological polar surface area (TPSA) is 136 Å². The molecule has 0 spiro atoms. The van der Waals surface area contributed by atoms with Gasteiger partial charge in [-0.1, -0.05) is 41.9 Å². The van der Waals surface area contributed by atoms with Crippen LogP contribution in [-0.4, -0.2) is 30.8 Å². The molecule has 0 atom stereocenters. The second kappa shape index (κ2) is 8.51. The normalized spacial score (nSPS) is 12.3. The second-order valence-electron chi connectivity index (χ2n) is 4.38. The molecular formula is C14H14N4O4S. The summed E-state index contributed by atoms with van der Waals surface area (Å²) in [4.78, 5) is 0. The smallest absolute Gasteiger partial charge is 0.328 e. The van der Waals surface area contributed by atoms with Crippen LogP contribution in [0.2, 0.25) is 0 Å². The summed E-state index contributed by atoms with van der Waals surface area (Å²) in [5, 5.41) is 32.8. The lowest BCUT2D eigenvalue weighted by Crippen LogP contribution is -2.09. The van der Waals surface area contributed by atoms with Crippen molar-refractivity contribution in [3.8, 4) is 12.1 Å². The van der Waals surface area contributed by atoms with Gasteiger partial charge in [0.05, 0.1) is 5.75 Å². The van der Waals surface area contributed by atoms with Crippen molar-refractivity contribution in [2.45, 2.75) is 19.8 Å². The molecule has 0 saturated heterocycles. The Labute approximate surface area is 134 Å². The summed E-state index contributed by atoms with van der Waals surface area (Å²) >= 11 is 0. The number of oxime groups is 2. The Morgan fingerprint density at radius 3 is 2.39 bits per heavy atom. The average Bonchev–Trinajstić information content (AvgIpc) is 2.55. The quantitative estimate of drug-likeness (QED) is 0.458. The number of benzene rings is 1. The molecule has 8 nitrogen and oxygen atoms in total. The van der Waals surface area contributed by atoms with Gasteiger partial charge in [0.15, 0.2) is 11.4 Å². The zero-order valence-corrected chi connectivity index (χ0v) is 13.1. The third-order valence-corrected chi connectivity index (χ3v) is 3.80. The zero-order chi connectivity index (χ0) is 17.3. The van der Waals surface area contributed by atoms with Gasteiger partial charge in [-0.2, -0.15) is 18.9 Å². The van der Waals surface area contributed by atoms with Crippen LogP contribution in [0.25, 0.3) is 0 Å². The molecule has 0 bridgehead atoms. The maximum atomic E-state index is 11.6. The zero-order valence-electron chi connectivity index (χ0n) is 12.3. The first-order valence-corrected chi connectivity index (χ1v) is 8.17. The van der Waals surface area contributed by atoms with E-state index in [1.165, 1.54) is 24.3 Å². The summed E-state index contributed by atoms with van der Waals surface area (Å²) in [5.74, 6) is -0.193. The number of hydrogen-bond acceptors (Lipinski definition) is 8. The lowest BCUT2D eigenvalue weighted by atomic mass is 10.0. The van der Waals surface area contributed by atoms with E-state index in [1.807, 2.05) is 6.92 Å². The molecule has 0 aliphatic carbocycles. The van der Waals surface area contributed by atoms with Crippen molar-refractivity contribution in [3.05, 3.63) is 35.4 Å². The highest BCUT2D eigenvalue weighted by atomic mass is 32.2. The van der Waals surface area contributed by atoms with E-state index < -0.39 is 10.1 Å². The van der Waals surface area contributed by atoms with Crippen molar-refractivity contribution >= 4 is 21.5 Å². The van der Waals surface area contributed by atoms with Gasteiger partial charge in [0, 0.05) is 11.1 Å². The molecular weight excluding hydrogens is 320 g/mol. The Hall–Kier alpha value is -2.91. The summed E-state index contributed by atoms with van der Waals surface area (Å²) in [6.45, 7) is 1.83. The van der Waals surface area contributed by atoms with Gasteiger partial charge in [-0.05, 0) is 12.5 Å². The molecule has 1 N–H and O–H groups in total. The molecule has 0 amide bonds. The van der Waals surface area contributed by atoms with E-state index in [-0.39, 0.29) is 28.3 Å². The number of nitriles is 2. The highest BCUT2D eigenvalue weighted by molar-refractivity contribution is 7.86. The van der Waals surface area contributed by atoms with Gasteiger partial charge in [0.2, 0.25) is 0 Å². The predicted molar refractivity (Wildman–Crippen MR) is 82.3 cm³/mol. The van der Waals surface area contributed by atoms with Crippen LogP contribution in [0.5, 0.6) is 0 Å². The SMILES string of the molecule is CCCCS(=O)(=O)ON=C(C#N)c1cccc(C(C#N)=NO)c1. The standard InChI is InChI=1S/C14H14N4O4S/c1-2-3-7-23(20,21)22-18-14(10-16)12-6-4-5-11(8-12)13(9-15)17-19/h4-6,8,19H,2-3,7H2,1H3. The van der Waals surface area contributed by atoms with Crippen molar-refractivity contribution < 1.29 is 17.9 Å². The van der Waals surface area contributed by atoms with Gasteiger partial charge < -0.3 is 5.21 Å². The minimum absolute atomic E-state index is 0.193. The van der Waals surface area contributed by atoms with E-state index in [4.69, 9.17) is 15.7 Å². The Bertz CT molecular complexity index is 801. The summed E-state index contributed by atoms with van der Waals surface area (Å²) in [6.07, 6.45) is 1.10. The molecule has 1 rings (SSSR count). The van der Waals surface area contributed by atoms with Crippen molar-refractivity contribution in [1.29, 1.82) is 10.5 Å². The lowest BCUT2D eigenvalue weighted by Gasteiger charge is -2.03. The molecule has 120 valence electrons. The molecule has 0 heterocycles. The molecule has 0 fully saturated rings. The Morgan fingerprint density at radius 2 is 1.87 bits per heavy atom. The van der Waals surface area contributed by atoms with Crippen LogP contribution in [0.1, 0.15) is 30.9 Å².